The zero-order chi connectivity index (χ0) is 15.9. The van der Waals surface area contributed by atoms with Crippen molar-refractivity contribution in [3.8, 4) is 0 Å². The van der Waals surface area contributed by atoms with E-state index in [-0.39, 0.29) is 37.6 Å². The summed E-state index contributed by atoms with van der Waals surface area (Å²) >= 11 is 0. The predicted octanol–water partition coefficient (Wildman–Crippen LogP) is 2.00. The van der Waals surface area contributed by atoms with E-state index in [4.69, 9.17) is 0 Å². The SMILES string of the molecule is CS(=O)(=O)CCC(=O)N1CCC(C(F)(F)F)C2(CCC2)C1. The highest BCUT2D eigenvalue weighted by atomic mass is 32.2. The summed E-state index contributed by atoms with van der Waals surface area (Å²) in [6, 6.07) is 0. The Kier molecular flexibility index (Phi) is 4.30. The van der Waals surface area contributed by atoms with Crippen LogP contribution in [0.5, 0.6) is 0 Å². The van der Waals surface area contributed by atoms with Crippen LogP contribution in [0.2, 0.25) is 0 Å². The van der Waals surface area contributed by atoms with E-state index < -0.39 is 27.3 Å². The molecule has 1 spiro atoms. The topological polar surface area (TPSA) is 54.5 Å². The second-order valence-electron chi connectivity index (χ2n) is 6.29. The normalized spacial score (nSPS) is 25.7. The number of hydrogen-bond acceptors (Lipinski definition) is 3. The molecule has 2 rings (SSSR count). The monoisotopic (exact) mass is 327 g/mol. The molecule has 122 valence electrons. The summed E-state index contributed by atoms with van der Waals surface area (Å²) < 4.78 is 61.5. The number of piperidine rings is 1. The maximum atomic E-state index is 13.1. The fraction of sp³-hybridized carbons (Fsp3) is 0.923. The molecule has 8 heteroatoms. The van der Waals surface area contributed by atoms with Crippen LogP contribution < -0.4 is 0 Å². The molecule has 0 radical (unpaired) electrons. The first-order valence-electron chi connectivity index (χ1n) is 7.06. The number of amides is 1. The highest BCUT2D eigenvalue weighted by molar-refractivity contribution is 7.90. The molecular weight excluding hydrogens is 307 g/mol. The van der Waals surface area contributed by atoms with E-state index in [1.165, 1.54) is 4.90 Å². The lowest BCUT2D eigenvalue weighted by Gasteiger charge is -2.54. The number of halogens is 3. The van der Waals surface area contributed by atoms with E-state index >= 15 is 0 Å². The number of carbonyl (C=O) groups excluding carboxylic acids is 1. The lowest BCUT2D eigenvalue weighted by molar-refractivity contribution is -0.237. The highest BCUT2D eigenvalue weighted by Gasteiger charge is 2.58. The van der Waals surface area contributed by atoms with Gasteiger partial charge in [-0.05, 0) is 24.7 Å². The molecule has 4 nitrogen and oxygen atoms in total. The Hall–Kier alpha value is -0.790. The van der Waals surface area contributed by atoms with Gasteiger partial charge in [0.1, 0.15) is 9.84 Å². The first-order chi connectivity index (χ1) is 9.54. The van der Waals surface area contributed by atoms with Crippen LogP contribution in [0.15, 0.2) is 0 Å². The molecule has 1 aliphatic carbocycles. The molecule has 0 aromatic rings. The summed E-state index contributed by atoms with van der Waals surface area (Å²) in [7, 11) is -3.24. The van der Waals surface area contributed by atoms with Crippen molar-refractivity contribution in [1.29, 1.82) is 0 Å². The van der Waals surface area contributed by atoms with Crippen LogP contribution in [0, 0.1) is 11.3 Å². The van der Waals surface area contributed by atoms with E-state index in [0.29, 0.717) is 12.8 Å². The zero-order valence-electron chi connectivity index (χ0n) is 11.9. The third kappa shape index (κ3) is 3.70. The largest absolute Gasteiger partial charge is 0.392 e. The van der Waals surface area contributed by atoms with Crippen LogP contribution >= 0.6 is 0 Å². The summed E-state index contributed by atoms with van der Waals surface area (Å²) in [5.74, 6) is -1.94. The molecule has 0 bridgehead atoms. The number of alkyl halides is 3. The highest BCUT2D eigenvalue weighted by Crippen LogP contribution is 2.56. The van der Waals surface area contributed by atoms with Gasteiger partial charge in [-0.1, -0.05) is 6.42 Å². The van der Waals surface area contributed by atoms with Crippen molar-refractivity contribution in [3.63, 3.8) is 0 Å². The van der Waals surface area contributed by atoms with E-state index in [0.717, 1.165) is 12.7 Å². The average Bonchev–Trinajstić information content (AvgIpc) is 2.31. The molecule has 1 saturated heterocycles. The Morgan fingerprint density at radius 3 is 2.38 bits per heavy atom. The third-order valence-corrected chi connectivity index (χ3v) is 5.66. The van der Waals surface area contributed by atoms with Crippen LogP contribution in [0.1, 0.15) is 32.1 Å². The van der Waals surface area contributed by atoms with Gasteiger partial charge < -0.3 is 4.90 Å². The number of sulfone groups is 1. The Morgan fingerprint density at radius 2 is 1.95 bits per heavy atom. The van der Waals surface area contributed by atoms with E-state index in [1.54, 1.807) is 0 Å². The molecule has 1 saturated carbocycles. The molecule has 21 heavy (non-hydrogen) atoms. The fourth-order valence-corrected chi connectivity index (χ4v) is 4.00. The van der Waals surface area contributed by atoms with Gasteiger partial charge in [-0.2, -0.15) is 13.2 Å². The minimum Gasteiger partial charge on any atom is -0.342 e. The van der Waals surface area contributed by atoms with E-state index in [9.17, 15) is 26.4 Å². The lowest BCUT2D eigenvalue weighted by Crippen LogP contribution is -2.57. The number of likely N-dealkylation sites (tertiary alicyclic amines) is 1. The quantitative estimate of drug-likeness (QED) is 0.797. The van der Waals surface area contributed by atoms with Crippen LogP contribution in [0.3, 0.4) is 0 Å². The molecule has 1 atom stereocenters. The van der Waals surface area contributed by atoms with Crippen molar-refractivity contribution in [1.82, 2.24) is 4.90 Å². The van der Waals surface area contributed by atoms with Crippen molar-refractivity contribution in [3.05, 3.63) is 0 Å². The molecule has 2 aliphatic rings. The van der Waals surface area contributed by atoms with Crippen molar-refractivity contribution < 1.29 is 26.4 Å². The zero-order valence-corrected chi connectivity index (χ0v) is 12.8. The van der Waals surface area contributed by atoms with Crippen LogP contribution in [-0.2, 0) is 14.6 Å². The Labute approximate surface area is 122 Å². The lowest BCUT2D eigenvalue weighted by atomic mass is 9.58. The molecule has 0 aromatic heterocycles. The van der Waals surface area contributed by atoms with Gasteiger partial charge in [0.15, 0.2) is 0 Å². The average molecular weight is 327 g/mol. The maximum Gasteiger partial charge on any atom is 0.392 e. The van der Waals surface area contributed by atoms with Gasteiger partial charge in [-0.3, -0.25) is 4.79 Å². The Balaban J connectivity index is 2.02. The molecular formula is C13H20F3NO3S. The van der Waals surface area contributed by atoms with Gasteiger partial charge in [0.25, 0.3) is 0 Å². The number of hydrogen-bond donors (Lipinski definition) is 0. The van der Waals surface area contributed by atoms with Gasteiger partial charge in [0.05, 0.1) is 11.7 Å². The molecule has 1 amide bonds. The standard InChI is InChI=1S/C13H20F3NO3S/c1-21(19,20)8-4-11(18)17-7-3-10(13(14,15)16)12(9-17)5-2-6-12/h10H,2-9H2,1H3. The number of rotatable bonds is 3. The van der Waals surface area contributed by atoms with Gasteiger partial charge in [-0.15, -0.1) is 0 Å². The minimum atomic E-state index is -4.22. The molecule has 0 N–H and O–H groups in total. The molecule has 1 aliphatic heterocycles. The summed E-state index contributed by atoms with van der Waals surface area (Å²) in [4.78, 5) is 13.4. The summed E-state index contributed by atoms with van der Waals surface area (Å²) in [5.41, 5.74) is -0.836. The Morgan fingerprint density at radius 1 is 1.33 bits per heavy atom. The summed E-state index contributed by atoms with van der Waals surface area (Å²) in [5, 5.41) is 0. The predicted molar refractivity (Wildman–Crippen MR) is 71.4 cm³/mol. The Bertz CT molecular complexity index is 511. The van der Waals surface area contributed by atoms with Crippen molar-refractivity contribution in [2.45, 2.75) is 38.3 Å². The molecule has 2 fully saturated rings. The summed E-state index contributed by atoms with van der Waals surface area (Å²) in [6.45, 7) is 0.175. The molecule has 1 heterocycles. The second-order valence-corrected chi connectivity index (χ2v) is 8.55. The summed E-state index contributed by atoms with van der Waals surface area (Å²) in [6.07, 6.45) is -1.65. The van der Waals surface area contributed by atoms with Gasteiger partial charge in [0, 0.05) is 25.8 Å². The van der Waals surface area contributed by atoms with Crippen LogP contribution in [0.25, 0.3) is 0 Å². The minimum absolute atomic E-state index is 0.0640. The first-order valence-corrected chi connectivity index (χ1v) is 9.12. The number of nitrogens with zero attached hydrogens (tertiary/aromatic N) is 1. The third-order valence-electron chi connectivity index (χ3n) is 4.72. The van der Waals surface area contributed by atoms with Crippen molar-refractivity contribution in [2.24, 2.45) is 11.3 Å². The molecule has 1 unspecified atom stereocenters. The second kappa shape index (κ2) is 5.44. The first kappa shape index (κ1) is 16.6. The smallest absolute Gasteiger partial charge is 0.342 e. The number of carbonyl (C=O) groups is 1. The van der Waals surface area contributed by atoms with Crippen molar-refractivity contribution in [2.75, 3.05) is 25.1 Å². The van der Waals surface area contributed by atoms with Crippen molar-refractivity contribution >= 4 is 15.7 Å². The van der Waals surface area contributed by atoms with Crippen LogP contribution in [-0.4, -0.2) is 50.5 Å². The van der Waals surface area contributed by atoms with Gasteiger partial charge >= 0.3 is 6.18 Å². The van der Waals surface area contributed by atoms with E-state index in [2.05, 4.69) is 0 Å². The fourth-order valence-electron chi connectivity index (χ4n) is 3.45. The van der Waals surface area contributed by atoms with Gasteiger partial charge in [0.2, 0.25) is 5.91 Å². The van der Waals surface area contributed by atoms with E-state index in [1.807, 2.05) is 0 Å². The maximum absolute atomic E-state index is 13.1. The molecule has 0 aromatic carbocycles. The van der Waals surface area contributed by atoms with Gasteiger partial charge in [-0.25, -0.2) is 8.42 Å². The van der Waals surface area contributed by atoms with Crippen LogP contribution in [0.4, 0.5) is 13.2 Å².